The van der Waals surface area contributed by atoms with Crippen LogP contribution in [0.15, 0.2) is 70.5 Å². The number of hydrogen-bond donors (Lipinski definition) is 1. The van der Waals surface area contributed by atoms with Crippen molar-refractivity contribution in [2.24, 2.45) is 0 Å². The zero-order valence-electron chi connectivity index (χ0n) is 18.0. The molecule has 0 aliphatic carbocycles. The second-order valence-electron chi connectivity index (χ2n) is 7.52. The minimum absolute atomic E-state index is 0.0196. The summed E-state index contributed by atoms with van der Waals surface area (Å²) in [6.45, 7) is 1.68. The van der Waals surface area contributed by atoms with Crippen molar-refractivity contribution in [3.05, 3.63) is 88.7 Å². The summed E-state index contributed by atoms with van der Waals surface area (Å²) < 4.78 is 10.3. The molecule has 1 aliphatic rings. The normalized spacial score (nSPS) is 15.9. The molecule has 34 heavy (non-hydrogen) atoms. The van der Waals surface area contributed by atoms with Crippen molar-refractivity contribution >= 4 is 44.5 Å². The lowest BCUT2D eigenvalue weighted by Gasteiger charge is -2.24. The Bertz CT molecular complexity index is 1470. The lowest BCUT2D eigenvalue weighted by atomic mass is 9.94. The average molecular weight is 475 g/mol. The van der Waals surface area contributed by atoms with Crippen LogP contribution in [0.2, 0.25) is 0 Å². The van der Waals surface area contributed by atoms with E-state index in [-0.39, 0.29) is 22.0 Å². The fourth-order valence-corrected chi connectivity index (χ4v) is 4.79. The molecule has 1 atom stereocenters. The second-order valence-corrected chi connectivity index (χ2v) is 8.48. The maximum absolute atomic E-state index is 13.4. The summed E-state index contributed by atoms with van der Waals surface area (Å²) in [6.07, 6.45) is 1.61. The highest BCUT2D eigenvalue weighted by Crippen LogP contribution is 2.44. The van der Waals surface area contributed by atoms with Crippen molar-refractivity contribution in [3.8, 4) is 0 Å². The van der Waals surface area contributed by atoms with Crippen LogP contribution in [-0.4, -0.2) is 39.8 Å². The molecule has 0 bridgehead atoms. The van der Waals surface area contributed by atoms with E-state index in [2.05, 4.69) is 9.97 Å². The summed E-state index contributed by atoms with van der Waals surface area (Å²) in [7, 11) is 1.26. The maximum atomic E-state index is 13.4. The van der Waals surface area contributed by atoms with Gasteiger partial charge >= 0.3 is 5.97 Å². The Morgan fingerprint density at radius 2 is 2.00 bits per heavy atom. The van der Waals surface area contributed by atoms with Crippen molar-refractivity contribution in [1.82, 2.24) is 9.97 Å². The Labute approximate surface area is 196 Å². The number of thiazole rings is 1. The highest BCUT2D eigenvalue weighted by Gasteiger charge is 2.46. The number of ketones is 1. The molecule has 0 saturated heterocycles. The first-order valence-corrected chi connectivity index (χ1v) is 11.0. The highest BCUT2D eigenvalue weighted by atomic mass is 32.1. The van der Waals surface area contributed by atoms with Gasteiger partial charge in [0, 0.05) is 6.20 Å². The van der Waals surface area contributed by atoms with Gasteiger partial charge in [0.05, 0.1) is 24.3 Å². The lowest BCUT2D eigenvalue weighted by Crippen LogP contribution is -2.31. The Hall–Kier alpha value is -4.31. The van der Waals surface area contributed by atoms with E-state index in [0.29, 0.717) is 21.7 Å². The van der Waals surface area contributed by atoms with E-state index < -0.39 is 29.5 Å². The standard InChI is InChI=1S/C24H17N3O6S/c1-12-8-9-16(33-12)19(28)17-18(13-5-3-6-14(11-13)23(31)32-2)27(22(30)20(17)29)24-26-15-7-4-10-25-21(15)34-24/h3-11,18,29H,1-2H3. The van der Waals surface area contributed by atoms with Crippen molar-refractivity contribution < 1.29 is 28.6 Å². The number of furan rings is 1. The number of aliphatic hydroxyl groups is 1. The summed E-state index contributed by atoms with van der Waals surface area (Å²) in [5.74, 6) is -2.24. The molecular weight excluding hydrogens is 458 g/mol. The first kappa shape index (κ1) is 21.5. The first-order chi connectivity index (χ1) is 16.4. The van der Waals surface area contributed by atoms with Crippen molar-refractivity contribution in [2.75, 3.05) is 12.0 Å². The van der Waals surface area contributed by atoms with Crippen LogP contribution >= 0.6 is 11.3 Å². The van der Waals surface area contributed by atoms with E-state index in [1.54, 1.807) is 49.5 Å². The molecule has 4 aromatic rings. The molecule has 0 spiro atoms. The summed E-state index contributed by atoms with van der Waals surface area (Å²) in [6, 6.07) is 11.8. The number of anilines is 1. The lowest BCUT2D eigenvalue weighted by molar-refractivity contribution is -0.117. The Morgan fingerprint density at radius 3 is 2.71 bits per heavy atom. The van der Waals surface area contributed by atoms with E-state index in [1.807, 2.05) is 0 Å². The number of rotatable bonds is 5. The van der Waals surface area contributed by atoms with Crippen LogP contribution in [0.4, 0.5) is 5.13 Å². The number of aliphatic hydroxyl groups excluding tert-OH is 1. The van der Waals surface area contributed by atoms with Gasteiger partial charge in [-0.25, -0.2) is 14.8 Å². The molecule has 10 heteroatoms. The first-order valence-electron chi connectivity index (χ1n) is 10.2. The molecule has 170 valence electrons. The van der Waals surface area contributed by atoms with Gasteiger partial charge in [0.2, 0.25) is 5.78 Å². The zero-order valence-corrected chi connectivity index (χ0v) is 18.8. The van der Waals surface area contributed by atoms with Crippen LogP contribution in [0.5, 0.6) is 0 Å². The van der Waals surface area contributed by atoms with Gasteiger partial charge in [-0.1, -0.05) is 23.5 Å². The Balaban J connectivity index is 1.69. The number of aromatic nitrogens is 2. The number of aryl methyl sites for hydroxylation is 1. The van der Waals surface area contributed by atoms with E-state index in [4.69, 9.17) is 9.15 Å². The number of benzene rings is 1. The topological polar surface area (TPSA) is 123 Å². The Kier molecular flexibility index (Phi) is 5.21. The van der Waals surface area contributed by atoms with Gasteiger partial charge in [0.25, 0.3) is 5.91 Å². The third kappa shape index (κ3) is 3.44. The molecule has 0 saturated carbocycles. The van der Waals surface area contributed by atoms with Crippen molar-refractivity contribution in [3.63, 3.8) is 0 Å². The average Bonchev–Trinajstić information content (AvgIpc) is 3.54. The monoisotopic (exact) mass is 475 g/mol. The van der Waals surface area contributed by atoms with E-state index >= 15 is 0 Å². The molecule has 0 radical (unpaired) electrons. The number of hydrogen-bond acceptors (Lipinski definition) is 9. The van der Waals surface area contributed by atoms with Crippen molar-refractivity contribution in [2.45, 2.75) is 13.0 Å². The van der Waals surface area contributed by atoms with Crippen LogP contribution in [0.1, 0.15) is 38.3 Å². The summed E-state index contributed by atoms with van der Waals surface area (Å²) in [5.41, 5.74) is 1.04. The van der Waals surface area contributed by atoms with Crippen LogP contribution in [0.25, 0.3) is 10.3 Å². The fourth-order valence-electron chi connectivity index (χ4n) is 3.85. The molecule has 4 heterocycles. The fraction of sp³-hybridized carbons (Fsp3) is 0.125. The highest BCUT2D eigenvalue weighted by molar-refractivity contribution is 7.22. The molecule has 9 nitrogen and oxygen atoms in total. The predicted octanol–water partition coefficient (Wildman–Crippen LogP) is 4.16. The number of Topliss-reactive ketones (excluding diaryl/α,β-unsaturated/α-hetero) is 1. The number of amides is 1. The molecule has 1 unspecified atom stereocenters. The number of ether oxygens (including phenoxy) is 1. The molecule has 0 fully saturated rings. The third-order valence-corrected chi connectivity index (χ3v) is 6.38. The minimum atomic E-state index is -1.06. The third-order valence-electron chi connectivity index (χ3n) is 5.40. The molecule has 1 amide bonds. The predicted molar refractivity (Wildman–Crippen MR) is 123 cm³/mol. The van der Waals surface area contributed by atoms with E-state index in [1.165, 1.54) is 24.1 Å². The minimum Gasteiger partial charge on any atom is -0.503 e. The number of fused-ring (bicyclic) bond motifs is 1. The van der Waals surface area contributed by atoms with Gasteiger partial charge in [0.15, 0.2) is 16.7 Å². The second kappa shape index (κ2) is 8.23. The molecule has 1 aliphatic heterocycles. The Morgan fingerprint density at radius 1 is 1.18 bits per heavy atom. The summed E-state index contributed by atoms with van der Waals surface area (Å²) in [5, 5.41) is 11.1. The number of pyridine rings is 1. The molecule has 3 aromatic heterocycles. The number of carbonyl (C=O) groups excluding carboxylic acids is 3. The number of methoxy groups -OCH3 is 1. The maximum Gasteiger partial charge on any atom is 0.337 e. The van der Waals surface area contributed by atoms with Crippen LogP contribution in [0, 0.1) is 6.92 Å². The smallest absolute Gasteiger partial charge is 0.337 e. The molecule has 1 N–H and O–H groups in total. The van der Waals surface area contributed by atoms with Gasteiger partial charge in [-0.2, -0.15) is 0 Å². The van der Waals surface area contributed by atoms with Gasteiger partial charge in [-0.15, -0.1) is 0 Å². The quantitative estimate of drug-likeness (QED) is 0.337. The SMILES string of the molecule is COC(=O)c1cccc(C2C(C(=O)c3ccc(C)o3)=C(O)C(=O)N2c2nc3cccnc3s2)c1. The summed E-state index contributed by atoms with van der Waals surface area (Å²) >= 11 is 1.15. The largest absolute Gasteiger partial charge is 0.503 e. The number of nitrogens with zero attached hydrogens (tertiary/aromatic N) is 3. The van der Waals surface area contributed by atoms with Crippen molar-refractivity contribution in [1.29, 1.82) is 0 Å². The van der Waals surface area contributed by atoms with Crippen LogP contribution < -0.4 is 4.90 Å². The number of esters is 1. The molecule has 1 aromatic carbocycles. The van der Waals surface area contributed by atoms with Crippen LogP contribution in [0.3, 0.4) is 0 Å². The van der Waals surface area contributed by atoms with Gasteiger partial charge < -0.3 is 14.3 Å². The van der Waals surface area contributed by atoms with Crippen LogP contribution in [-0.2, 0) is 9.53 Å². The van der Waals surface area contributed by atoms with Gasteiger partial charge in [-0.3, -0.25) is 14.5 Å². The summed E-state index contributed by atoms with van der Waals surface area (Å²) in [4.78, 5) is 49.4. The number of carbonyl (C=O) groups is 3. The van der Waals surface area contributed by atoms with Gasteiger partial charge in [0.1, 0.15) is 16.1 Å². The van der Waals surface area contributed by atoms with E-state index in [9.17, 15) is 19.5 Å². The molecule has 5 rings (SSSR count). The zero-order chi connectivity index (χ0) is 24.0. The van der Waals surface area contributed by atoms with Gasteiger partial charge in [-0.05, 0) is 48.9 Å². The van der Waals surface area contributed by atoms with E-state index in [0.717, 1.165) is 11.3 Å². The molecular formula is C24H17N3O6S.